The highest BCUT2D eigenvalue weighted by Crippen LogP contribution is 2.11. The maximum Gasteiger partial charge on any atom is 0.291 e. The molecule has 6 nitrogen and oxygen atoms in total. The molecule has 0 spiro atoms. The number of nitrogens with one attached hydrogen (secondary N) is 1. The van der Waals surface area contributed by atoms with Crippen LogP contribution in [-0.4, -0.2) is 51.8 Å². The van der Waals surface area contributed by atoms with E-state index in [1.165, 1.54) is 31.4 Å². The Labute approximate surface area is 140 Å². The van der Waals surface area contributed by atoms with Crippen LogP contribution in [0.15, 0.2) is 24.3 Å². The number of piperidine rings is 1. The lowest BCUT2D eigenvalue weighted by Gasteiger charge is -2.26. The Bertz CT molecular complexity index is 692. The van der Waals surface area contributed by atoms with Crippen molar-refractivity contribution in [2.24, 2.45) is 0 Å². The molecule has 7 heteroatoms. The van der Waals surface area contributed by atoms with Crippen molar-refractivity contribution in [2.45, 2.75) is 26.2 Å². The summed E-state index contributed by atoms with van der Waals surface area (Å²) in [6.07, 6.45) is 3.76. The minimum atomic E-state index is -0.313. The Morgan fingerprint density at radius 3 is 2.62 bits per heavy atom. The third-order valence-corrected chi connectivity index (χ3v) is 4.21. The lowest BCUT2D eigenvalue weighted by molar-refractivity contribution is 0.0936. The summed E-state index contributed by atoms with van der Waals surface area (Å²) in [7, 11) is 0. The predicted molar refractivity (Wildman–Crippen MR) is 88.7 cm³/mol. The van der Waals surface area contributed by atoms with Gasteiger partial charge in [-0.2, -0.15) is 0 Å². The highest BCUT2D eigenvalue weighted by molar-refractivity contribution is 5.90. The molecule has 1 aliphatic heterocycles. The number of carbonyl (C=O) groups is 1. The molecule has 1 fully saturated rings. The van der Waals surface area contributed by atoms with E-state index in [1.54, 1.807) is 23.7 Å². The minimum Gasteiger partial charge on any atom is -0.348 e. The molecule has 0 aliphatic carbocycles. The average Bonchev–Trinajstić information content (AvgIpc) is 2.98. The van der Waals surface area contributed by atoms with E-state index in [1.807, 2.05) is 0 Å². The van der Waals surface area contributed by atoms with Crippen LogP contribution in [0.2, 0.25) is 0 Å². The largest absolute Gasteiger partial charge is 0.348 e. The molecule has 0 saturated carbocycles. The third-order valence-electron chi connectivity index (χ3n) is 4.21. The van der Waals surface area contributed by atoms with E-state index in [0.29, 0.717) is 18.1 Å². The molecule has 1 N–H and O–H groups in total. The van der Waals surface area contributed by atoms with E-state index in [2.05, 4.69) is 20.3 Å². The van der Waals surface area contributed by atoms with Crippen LogP contribution in [0.4, 0.5) is 4.39 Å². The molecular formula is C17H22FN5O. The van der Waals surface area contributed by atoms with Crippen LogP contribution in [0.1, 0.15) is 35.7 Å². The van der Waals surface area contributed by atoms with E-state index in [9.17, 15) is 9.18 Å². The quantitative estimate of drug-likeness (QED) is 0.909. The standard InChI is InChI=1S/C17H22FN5O/c1-13-20-16(21-23(13)15-7-5-14(18)6-8-15)17(24)19-9-12-22-10-3-2-4-11-22/h5-8H,2-4,9-12H2,1H3,(H,19,24). The molecule has 0 unspecified atom stereocenters. The Hall–Kier alpha value is -2.28. The van der Waals surface area contributed by atoms with Crippen molar-refractivity contribution in [2.75, 3.05) is 26.2 Å². The van der Waals surface area contributed by atoms with Gasteiger partial charge in [-0.15, -0.1) is 5.10 Å². The molecule has 1 aromatic heterocycles. The SMILES string of the molecule is Cc1nc(C(=O)NCCN2CCCCC2)nn1-c1ccc(F)cc1. The van der Waals surface area contributed by atoms with Crippen LogP contribution in [0.5, 0.6) is 0 Å². The van der Waals surface area contributed by atoms with Crippen LogP contribution >= 0.6 is 0 Å². The molecule has 2 heterocycles. The average molecular weight is 331 g/mol. The van der Waals surface area contributed by atoms with E-state index in [0.717, 1.165) is 19.6 Å². The second-order valence-corrected chi connectivity index (χ2v) is 6.03. The number of aromatic nitrogens is 3. The molecule has 128 valence electrons. The molecule has 0 atom stereocenters. The zero-order valence-electron chi connectivity index (χ0n) is 13.8. The Morgan fingerprint density at radius 1 is 1.21 bits per heavy atom. The summed E-state index contributed by atoms with van der Waals surface area (Å²) < 4.78 is 14.6. The predicted octanol–water partition coefficient (Wildman–Crippen LogP) is 1.93. The van der Waals surface area contributed by atoms with Gasteiger partial charge in [0.25, 0.3) is 5.91 Å². The molecule has 1 amide bonds. The fourth-order valence-corrected chi connectivity index (χ4v) is 2.90. The van der Waals surface area contributed by atoms with Gasteiger partial charge < -0.3 is 10.2 Å². The van der Waals surface area contributed by atoms with E-state index < -0.39 is 0 Å². The summed E-state index contributed by atoms with van der Waals surface area (Å²) in [5.41, 5.74) is 0.675. The van der Waals surface area contributed by atoms with Crippen molar-refractivity contribution in [3.05, 3.63) is 41.7 Å². The van der Waals surface area contributed by atoms with Gasteiger partial charge in [0.1, 0.15) is 11.6 Å². The maximum atomic E-state index is 13.0. The number of nitrogens with zero attached hydrogens (tertiary/aromatic N) is 4. The van der Waals surface area contributed by atoms with Crippen molar-refractivity contribution in [3.8, 4) is 5.69 Å². The number of halogens is 1. The molecule has 1 aliphatic rings. The van der Waals surface area contributed by atoms with Gasteiger partial charge in [0.2, 0.25) is 5.82 Å². The van der Waals surface area contributed by atoms with Gasteiger partial charge in [-0.3, -0.25) is 4.79 Å². The summed E-state index contributed by atoms with van der Waals surface area (Å²) in [4.78, 5) is 18.8. The lowest BCUT2D eigenvalue weighted by Crippen LogP contribution is -2.37. The van der Waals surface area contributed by atoms with Crippen molar-refractivity contribution >= 4 is 5.91 Å². The van der Waals surface area contributed by atoms with Crippen LogP contribution < -0.4 is 5.32 Å². The van der Waals surface area contributed by atoms with Crippen LogP contribution in [0.3, 0.4) is 0 Å². The first-order valence-electron chi connectivity index (χ1n) is 8.33. The highest BCUT2D eigenvalue weighted by Gasteiger charge is 2.16. The highest BCUT2D eigenvalue weighted by atomic mass is 19.1. The van der Waals surface area contributed by atoms with Crippen molar-refractivity contribution in [3.63, 3.8) is 0 Å². The zero-order valence-corrected chi connectivity index (χ0v) is 13.8. The molecule has 1 aromatic carbocycles. The van der Waals surface area contributed by atoms with Gasteiger partial charge >= 0.3 is 0 Å². The summed E-state index contributed by atoms with van der Waals surface area (Å²) in [5.74, 6) is 0.126. The molecule has 1 saturated heterocycles. The zero-order chi connectivity index (χ0) is 16.9. The first-order chi connectivity index (χ1) is 11.6. The van der Waals surface area contributed by atoms with Crippen LogP contribution in [-0.2, 0) is 0 Å². The van der Waals surface area contributed by atoms with Gasteiger partial charge in [0, 0.05) is 13.1 Å². The lowest BCUT2D eigenvalue weighted by atomic mass is 10.1. The molecule has 3 rings (SSSR count). The summed E-state index contributed by atoms with van der Waals surface area (Å²) in [6, 6.07) is 5.92. The maximum absolute atomic E-state index is 13.0. The monoisotopic (exact) mass is 331 g/mol. The Balaban J connectivity index is 1.59. The number of rotatable bonds is 5. The van der Waals surface area contributed by atoms with Crippen molar-refractivity contribution in [1.82, 2.24) is 25.0 Å². The van der Waals surface area contributed by atoms with Gasteiger partial charge in [-0.05, 0) is 57.1 Å². The summed E-state index contributed by atoms with van der Waals surface area (Å²) in [5, 5.41) is 7.10. The number of hydrogen-bond donors (Lipinski definition) is 1. The summed E-state index contributed by atoms with van der Waals surface area (Å²) in [6.45, 7) is 5.41. The number of carbonyl (C=O) groups excluding carboxylic acids is 1. The molecule has 2 aromatic rings. The summed E-state index contributed by atoms with van der Waals surface area (Å²) >= 11 is 0. The van der Waals surface area contributed by atoms with Crippen LogP contribution in [0, 0.1) is 12.7 Å². The number of aryl methyl sites for hydroxylation is 1. The first-order valence-corrected chi connectivity index (χ1v) is 8.33. The van der Waals surface area contributed by atoms with Gasteiger partial charge in [-0.25, -0.2) is 14.1 Å². The third kappa shape index (κ3) is 3.97. The normalized spacial score (nSPS) is 15.4. The van der Waals surface area contributed by atoms with Crippen LogP contribution in [0.25, 0.3) is 5.69 Å². The molecule has 0 bridgehead atoms. The second kappa shape index (κ2) is 7.53. The molecule has 24 heavy (non-hydrogen) atoms. The number of hydrogen-bond acceptors (Lipinski definition) is 4. The van der Waals surface area contributed by atoms with E-state index in [-0.39, 0.29) is 17.5 Å². The van der Waals surface area contributed by atoms with E-state index in [4.69, 9.17) is 0 Å². The minimum absolute atomic E-state index is 0.135. The van der Waals surface area contributed by atoms with Gasteiger partial charge in [0.15, 0.2) is 0 Å². The molecular weight excluding hydrogens is 309 g/mol. The van der Waals surface area contributed by atoms with Gasteiger partial charge in [0.05, 0.1) is 5.69 Å². The van der Waals surface area contributed by atoms with Crippen molar-refractivity contribution in [1.29, 1.82) is 0 Å². The fourth-order valence-electron chi connectivity index (χ4n) is 2.90. The topological polar surface area (TPSA) is 63.1 Å². The van der Waals surface area contributed by atoms with E-state index >= 15 is 0 Å². The Morgan fingerprint density at radius 2 is 1.92 bits per heavy atom. The van der Waals surface area contributed by atoms with Gasteiger partial charge in [-0.1, -0.05) is 6.42 Å². The number of benzene rings is 1. The van der Waals surface area contributed by atoms with Crippen molar-refractivity contribution < 1.29 is 9.18 Å². The number of likely N-dealkylation sites (tertiary alicyclic amines) is 1. The molecule has 0 radical (unpaired) electrons. The second-order valence-electron chi connectivity index (χ2n) is 6.03. The Kier molecular flexibility index (Phi) is 5.20. The first kappa shape index (κ1) is 16.6. The number of amides is 1. The smallest absolute Gasteiger partial charge is 0.291 e. The fraction of sp³-hybridized carbons (Fsp3) is 0.471.